The van der Waals surface area contributed by atoms with Crippen LogP contribution in [0.1, 0.15) is 29.3 Å². The lowest BCUT2D eigenvalue weighted by molar-refractivity contribution is -0.384. The van der Waals surface area contributed by atoms with Gasteiger partial charge >= 0.3 is 0 Å². The van der Waals surface area contributed by atoms with Crippen molar-refractivity contribution in [1.82, 2.24) is 5.43 Å². The van der Waals surface area contributed by atoms with Crippen LogP contribution in [0.15, 0.2) is 41.5 Å². The van der Waals surface area contributed by atoms with Crippen molar-refractivity contribution in [3.8, 4) is 5.75 Å². The number of hydrazone groups is 1. The summed E-state index contributed by atoms with van der Waals surface area (Å²) in [4.78, 5) is 34.4. The highest BCUT2D eigenvalue weighted by Gasteiger charge is 2.15. The summed E-state index contributed by atoms with van der Waals surface area (Å²) in [6.07, 6.45) is -0.156. The van der Waals surface area contributed by atoms with Gasteiger partial charge in [-0.15, -0.1) is 0 Å². The number of aryl methyl sites for hydroxylation is 1. The van der Waals surface area contributed by atoms with E-state index in [-0.39, 0.29) is 34.1 Å². The highest BCUT2D eigenvalue weighted by Crippen LogP contribution is 2.27. The smallest absolute Gasteiger partial charge is 0.289 e. The maximum atomic E-state index is 12.1. The molecule has 0 aliphatic heterocycles. The molecule has 0 fully saturated rings. The monoisotopic (exact) mass is 404 g/mol. The number of benzene rings is 2. The van der Waals surface area contributed by atoms with Crippen molar-refractivity contribution < 1.29 is 19.6 Å². The number of nitro benzene ring substituents is 1. The third-order valence-corrected chi connectivity index (χ3v) is 3.99. The van der Waals surface area contributed by atoms with Crippen molar-refractivity contribution in [1.29, 1.82) is 0 Å². The van der Waals surface area contributed by atoms with Gasteiger partial charge in [0.25, 0.3) is 11.6 Å². The first kappa shape index (κ1) is 20.8. The number of anilines is 1. The molecule has 2 rings (SSSR count). The first-order valence-corrected chi connectivity index (χ1v) is 8.42. The number of hydrogen-bond donors (Lipinski definition) is 3. The van der Waals surface area contributed by atoms with Gasteiger partial charge in [0.2, 0.25) is 5.91 Å². The van der Waals surface area contributed by atoms with E-state index in [0.717, 1.165) is 6.07 Å². The van der Waals surface area contributed by atoms with Crippen molar-refractivity contribution in [2.75, 3.05) is 5.32 Å². The Kier molecular flexibility index (Phi) is 6.67. The molecule has 2 aromatic rings. The number of nitro groups is 1. The van der Waals surface area contributed by atoms with Gasteiger partial charge in [0.1, 0.15) is 10.8 Å². The van der Waals surface area contributed by atoms with Crippen molar-refractivity contribution in [2.24, 2.45) is 5.10 Å². The second-order valence-corrected chi connectivity index (χ2v) is 6.31. The minimum Gasteiger partial charge on any atom is -0.507 e. The number of nitrogens with zero attached hydrogens (tertiary/aromatic N) is 2. The summed E-state index contributed by atoms with van der Waals surface area (Å²) in [7, 11) is 0. The van der Waals surface area contributed by atoms with Crippen LogP contribution in [0, 0.1) is 17.0 Å². The molecule has 0 heterocycles. The predicted molar refractivity (Wildman–Crippen MR) is 105 cm³/mol. The third kappa shape index (κ3) is 5.27. The molecular formula is C18H17ClN4O5. The maximum Gasteiger partial charge on any atom is 0.289 e. The summed E-state index contributed by atoms with van der Waals surface area (Å²) in [6.45, 7) is 3.19. The Bertz CT molecular complexity index is 974. The fraction of sp³-hybridized carbons (Fsp3) is 0.167. The molecule has 3 N–H and O–H groups in total. The Morgan fingerprint density at radius 1 is 1.29 bits per heavy atom. The maximum absolute atomic E-state index is 12.1. The number of phenols is 1. The number of carbonyl (C=O) groups excluding carboxylic acids is 2. The van der Waals surface area contributed by atoms with E-state index in [2.05, 4.69) is 15.8 Å². The number of para-hydroxylation sites is 1. The normalized spacial score (nSPS) is 11.0. The van der Waals surface area contributed by atoms with Gasteiger partial charge in [0.15, 0.2) is 0 Å². The average Bonchev–Trinajstić information content (AvgIpc) is 2.63. The number of phenolic OH excluding ortho intramolecular Hbond substituents is 1. The quantitative estimate of drug-likeness (QED) is 0.385. The minimum atomic E-state index is -0.652. The van der Waals surface area contributed by atoms with Gasteiger partial charge in [-0.1, -0.05) is 23.7 Å². The van der Waals surface area contributed by atoms with Crippen molar-refractivity contribution in [3.05, 3.63) is 62.7 Å². The van der Waals surface area contributed by atoms with Crippen LogP contribution in [0.5, 0.6) is 5.75 Å². The van der Waals surface area contributed by atoms with Gasteiger partial charge in [-0.2, -0.15) is 5.10 Å². The SMILES string of the molecule is C/C(CC(=O)Nc1ccc(Cl)c([N+](=O)[O-])c1)=N/NC(=O)c1cccc(C)c1O. The summed E-state index contributed by atoms with van der Waals surface area (Å²) in [5, 5.41) is 27.1. The molecule has 0 saturated heterocycles. The largest absolute Gasteiger partial charge is 0.507 e. The Hall–Kier alpha value is -3.46. The fourth-order valence-corrected chi connectivity index (χ4v) is 2.44. The summed E-state index contributed by atoms with van der Waals surface area (Å²) in [5.74, 6) is -1.24. The van der Waals surface area contributed by atoms with E-state index < -0.39 is 16.7 Å². The van der Waals surface area contributed by atoms with E-state index in [1.807, 2.05) is 0 Å². The lowest BCUT2D eigenvalue weighted by atomic mass is 10.1. The zero-order valence-corrected chi connectivity index (χ0v) is 15.8. The molecule has 0 unspecified atom stereocenters. The highest BCUT2D eigenvalue weighted by atomic mass is 35.5. The first-order chi connectivity index (χ1) is 13.2. The van der Waals surface area contributed by atoms with Crippen LogP contribution in [-0.2, 0) is 4.79 Å². The number of nitrogens with one attached hydrogen (secondary N) is 2. The minimum absolute atomic E-state index is 0.0390. The molecule has 0 radical (unpaired) electrons. The lowest BCUT2D eigenvalue weighted by Crippen LogP contribution is -2.21. The summed E-state index contributed by atoms with van der Waals surface area (Å²) >= 11 is 5.72. The number of halogens is 1. The summed E-state index contributed by atoms with van der Waals surface area (Å²) < 4.78 is 0. The second kappa shape index (κ2) is 8.96. The molecule has 0 bridgehead atoms. The van der Waals surface area contributed by atoms with Crippen molar-refractivity contribution >= 4 is 40.5 Å². The number of carbonyl (C=O) groups is 2. The molecule has 0 aliphatic carbocycles. The standard InChI is InChI=1S/C18H17ClN4O5/c1-10-4-3-5-13(17(10)25)18(26)22-21-11(2)8-16(24)20-12-6-7-14(19)15(9-12)23(27)28/h3-7,9,25H,8H2,1-2H3,(H,20,24)(H,22,26)/b21-11-. The van der Waals surface area contributed by atoms with Gasteiger partial charge in [-0.3, -0.25) is 19.7 Å². The Morgan fingerprint density at radius 3 is 2.68 bits per heavy atom. The number of aromatic hydroxyl groups is 1. The third-order valence-electron chi connectivity index (χ3n) is 3.67. The van der Waals surface area contributed by atoms with Crippen LogP contribution in [0.2, 0.25) is 5.02 Å². The topological polar surface area (TPSA) is 134 Å². The van der Waals surface area contributed by atoms with Crippen LogP contribution < -0.4 is 10.7 Å². The van der Waals surface area contributed by atoms with Gasteiger partial charge < -0.3 is 10.4 Å². The summed E-state index contributed by atoms with van der Waals surface area (Å²) in [6, 6.07) is 8.62. The van der Waals surface area contributed by atoms with Crippen LogP contribution in [-0.4, -0.2) is 27.6 Å². The van der Waals surface area contributed by atoms with E-state index in [4.69, 9.17) is 11.6 Å². The first-order valence-electron chi connectivity index (χ1n) is 8.05. The van der Waals surface area contributed by atoms with Crippen LogP contribution in [0.3, 0.4) is 0 Å². The zero-order chi connectivity index (χ0) is 20.8. The van der Waals surface area contributed by atoms with E-state index >= 15 is 0 Å². The van der Waals surface area contributed by atoms with Crippen molar-refractivity contribution in [3.63, 3.8) is 0 Å². The van der Waals surface area contributed by atoms with E-state index in [9.17, 15) is 24.8 Å². The van der Waals surface area contributed by atoms with Crippen LogP contribution >= 0.6 is 11.6 Å². The van der Waals surface area contributed by atoms with Gasteiger partial charge in [0.05, 0.1) is 16.9 Å². The highest BCUT2D eigenvalue weighted by molar-refractivity contribution is 6.32. The molecule has 0 aliphatic rings. The van der Waals surface area contributed by atoms with Gasteiger partial charge in [-0.25, -0.2) is 5.43 Å². The molecule has 0 atom stereocenters. The molecule has 2 aromatic carbocycles. The van der Waals surface area contributed by atoms with Gasteiger partial charge in [-0.05, 0) is 37.6 Å². The van der Waals surface area contributed by atoms with Crippen LogP contribution in [0.4, 0.5) is 11.4 Å². The molecule has 9 nitrogen and oxygen atoms in total. The lowest BCUT2D eigenvalue weighted by Gasteiger charge is -2.07. The molecule has 28 heavy (non-hydrogen) atoms. The molecular weight excluding hydrogens is 388 g/mol. The molecule has 146 valence electrons. The second-order valence-electron chi connectivity index (χ2n) is 5.91. The van der Waals surface area contributed by atoms with E-state index in [1.165, 1.54) is 25.1 Å². The predicted octanol–water partition coefficient (Wildman–Crippen LogP) is 3.40. The molecule has 2 amide bonds. The average molecular weight is 405 g/mol. The molecule has 0 aromatic heterocycles. The molecule has 0 spiro atoms. The van der Waals surface area contributed by atoms with Gasteiger partial charge in [0, 0.05) is 17.5 Å². The summed E-state index contributed by atoms with van der Waals surface area (Å²) in [5.41, 5.74) is 3.06. The number of amides is 2. The van der Waals surface area contributed by atoms with Crippen molar-refractivity contribution in [2.45, 2.75) is 20.3 Å². The van der Waals surface area contributed by atoms with Crippen LogP contribution in [0.25, 0.3) is 0 Å². The molecule has 10 heteroatoms. The Labute approximate surface area is 165 Å². The van der Waals surface area contributed by atoms with E-state index in [1.54, 1.807) is 19.1 Å². The number of rotatable bonds is 6. The van der Waals surface area contributed by atoms with E-state index in [0.29, 0.717) is 11.3 Å². The molecule has 0 saturated carbocycles. The zero-order valence-electron chi connectivity index (χ0n) is 15.0. The number of hydrogen-bond acceptors (Lipinski definition) is 6. The fourth-order valence-electron chi connectivity index (χ4n) is 2.26. The Morgan fingerprint density at radius 2 is 2.00 bits per heavy atom. The Balaban J connectivity index is 1.98.